The van der Waals surface area contributed by atoms with Crippen molar-refractivity contribution in [2.75, 3.05) is 33.9 Å². The second-order valence-corrected chi connectivity index (χ2v) is 4.07. The molecule has 0 saturated heterocycles. The van der Waals surface area contributed by atoms with E-state index in [1.807, 2.05) is 0 Å². The van der Waals surface area contributed by atoms with Crippen molar-refractivity contribution in [2.24, 2.45) is 0 Å². The van der Waals surface area contributed by atoms with Crippen LogP contribution in [0, 0.1) is 0 Å². The Balaban J connectivity index is 2.59. The predicted octanol–water partition coefficient (Wildman–Crippen LogP) is 1.43. The summed E-state index contributed by atoms with van der Waals surface area (Å²) in [5, 5.41) is 6.07. The van der Waals surface area contributed by atoms with Crippen molar-refractivity contribution in [3.63, 3.8) is 0 Å². The van der Waals surface area contributed by atoms with E-state index < -0.39 is 0 Å². The highest BCUT2D eigenvalue weighted by Crippen LogP contribution is 2.23. The van der Waals surface area contributed by atoms with E-state index >= 15 is 0 Å². The molecular formula is C14H22N2O3. The van der Waals surface area contributed by atoms with Crippen LogP contribution in [0.4, 0.5) is 0 Å². The van der Waals surface area contributed by atoms with Gasteiger partial charge in [0.15, 0.2) is 0 Å². The van der Waals surface area contributed by atoms with E-state index in [9.17, 15) is 4.79 Å². The lowest BCUT2D eigenvalue weighted by molar-refractivity contribution is 0.0950. The van der Waals surface area contributed by atoms with Crippen LogP contribution in [0.5, 0.6) is 11.5 Å². The Hall–Kier alpha value is -1.75. The van der Waals surface area contributed by atoms with Gasteiger partial charge in [0, 0.05) is 13.1 Å². The van der Waals surface area contributed by atoms with Gasteiger partial charge in [-0.25, -0.2) is 0 Å². The number of carbonyl (C=O) groups is 1. The topological polar surface area (TPSA) is 59.6 Å². The van der Waals surface area contributed by atoms with Gasteiger partial charge in [0.1, 0.15) is 11.5 Å². The molecule has 0 heterocycles. The van der Waals surface area contributed by atoms with Gasteiger partial charge in [-0.05, 0) is 31.2 Å². The fourth-order valence-electron chi connectivity index (χ4n) is 1.65. The highest BCUT2D eigenvalue weighted by Gasteiger charge is 2.12. The molecule has 5 nitrogen and oxygen atoms in total. The van der Waals surface area contributed by atoms with Crippen LogP contribution in [0.15, 0.2) is 18.2 Å². The predicted molar refractivity (Wildman–Crippen MR) is 75.0 cm³/mol. The van der Waals surface area contributed by atoms with E-state index in [2.05, 4.69) is 17.6 Å². The van der Waals surface area contributed by atoms with Gasteiger partial charge in [-0.3, -0.25) is 4.79 Å². The van der Waals surface area contributed by atoms with E-state index in [0.29, 0.717) is 23.6 Å². The van der Waals surface area contributed by atoms with Crippen molar-refractivity contribution in [3.8, 4) is 11.5 Å². The van der Waals surface area contributed by atoms with Crippen molar-refractivity contribution < 1.29 is 14.3 Å². The number of ether oxygens (including phenoxy) is 2. The molecule has 0 unspecified atom stereocenters. The third-order valence-corrected chi connectivity index (χ3v) is 2.67. The van der Waals surface area contributed by atoms with Crippen molar-refractivity contribution in [2.45, 2.75) is 13.3 Å². The van der Waals surface area contributed by atoms with Crippen LogP contribution >= 0.6 is 0 Å². The number of nitrogens with one attached hydrogen (secondary N) is 2. The van der Waals surface area contributed by atoms with Gasteiger partial charge in [0.25, 0.3) is 5.91 Å². The number of rotatable bonds is 8. The van der Waals surface area contributed by atoms with Crippen molar-refractivity contribution in [3.05, 3.63) is 23.8 Å². The van der Waals surface area contributed by atoms with Gasteiger partial charge in [-0.15, -0.1) is 0 Å². The fourth-order valence-corrected chi connectivity index (χ4v) is 1.65. The maximum atomic E-state index is 12.1. The summed E-state index contributed by atoms with van der Waals surface area (Å²) >= 11 is 0. The summed E-state index contributed by atoms with van der Waals surface area (Å²) in [6.07, 6.45) is 1.08. The Kier molecular flexibility index (Phi) is 6.74. The molecule has 0 atom stereocenters. The summed E-state index contributed by atoms with van der Waals surface area (Å²) in [7, 11) is 3.11. The number of hydrogen-bond donors (Lipinski definition) is 2. The quantitative estimate of drug-likeness (QED) is 0.699. The van der Waals surface area contributed by atoms with Gasteiger partial charge in [-0.2, -0.15) is 0 Å². The van der Waals surface area contributed by atoms with Crippen LogP contribution in [-0.4, -0.2) is 39.8 Å². The summed E-state index contributed by atoms with van der Waals surface area (Å²) in [6, 6.07) is 5.16. The molecule has 2 N–H and O–H groups in total. The molecular weight excluding hydrogens is 244 g/mol. The minimum Gasteiger partial charge on any atom is -0.497 e. The first kappa shape index (κ1) is 15.3. The molecule has 0 spiro atoms. The van der Waals surface area contributed by atoms with Gasteiger partial charge in [0.2, 0.25) is 0 Å². The molecule has 19 heavy (non-hydrogen) atoms. The van der Waals surface area contributed by atoms with Crippen LogP contribution in [-0.2, 0) is 0 Å². The second kappa shape index (κ2) is 8.37. The molecule has 1 amide bonds. The third kappa shape index (κ3) is 4.79. The molecule has 5 heteroatoms. The molecule has 0 radical (unpaired) electrons. The fraction of sp³-hybridized carbons (Fsp3) is 0.500. The Labute approximate surface area is 114 Å². The molecule has 106 valence electrons. The summed E-state index contributed by atoms with van der Waals surface area (Å²) in [5.41, 5.74) is 0.484. The van der Waals surface area contributed by atoms with Gasteiger partial charge in [0.05, 0.1) is 19.8 Å². The molecule has 0 aromatic heterocycles. The molecule has 1 rings (SSSR count). The number of methoxy groups -OCH3 is 2. The highest BCUT2D eigenvalue weighted by atomic mass is 16.5. The number of carbonyl (C=O) groups excluding carboxylic acids is 1. The summed E-state index contributed by atoms with van der Waals surface area (Å²) in [6.45, 7) is 4.40. The monoisotopic (exact) mass is 266 g/mol. The summed E-state index contributed by atoms with van der Waals surface area (Å²) in [5.74, 6) is 1.02. The molecule has 1 aromatic rings. The summed E-state index contributed by atoms with van der Waals surface area (Å²) in [4.78, 5) is 12.1. The zero-order chi connectivity index (χ0) is 14.1. The van der Waals surface area contributed by atoms with Crippen LogP contribution in [0.25, 0.3) is 0 Å². The average Bonchev–Trinajstić information content (AvgIpc) is 2.46. The lowest BCUT2D eigenvalue weighted by Gasteiger charge is -2.11. The number of benzene rings is 1. The first-order valence-corrected chi connectivity index (χ1v) is 6.43. The van der Waals surface area contributed by atoms with E-state index in [1.165, 1.54) is 0 Å². The highest BCUT2D eigenvalue weighted by molar-refractivity contribution is 5.97. The van der Waals surface area contributed by atoms with Crippen molar-refractivity contribution in [1.29, 1.82) is 0 Å². The molecule has 0 aliphatic carbocycles. The Morgan fingerprint density at radius 1 is 1.16 bits per heavy atom. The largest absolute Gasteiger partial charge is 0.497 e. The van der Waals surface area contributed by atoms with Crippen molar-refractivity contribution >= 4 is 5.91 Å². The minimum atomic E-state index is -0.158. The van der Waals surface area contributed by atoms with Gasteiger partial charge >= 0.3 is 0 Å². The number of hydrogen-bond acceptors (Lipinski definition) is 4. The average molecular weight is 266 g/mol. The van der Waals surface area contributed by atoms with E-state index in [-0.39, 0.29) is 5.91 Å². The maximum absolute atomic E-state index is 12.1. The molecule has 0 saturated carbocycles. The van der Waals surface area contributed by atoms with Crippen LogP contribution in [0.2, 0.25) is 0 Å². The van der Waals surface area contributed by atoms with Gasteiger partial charge < -0.3 is 20.1 Å². The second-order valence-electron chi connectivity index (χ2n) is 4.07. The molecule has 1 aromatic carbocycles. The van der Waals surface area contributed by atoms with E-state index in [1.54, 1.807) is 32.4 Å². The molecule has 0 aliphatic rings. The van der Waals surface area contributed by atoms with Crippen LogP contribution in [0.1, 0.15) is 23.7 Å². The van der Waals surface area contributed by atoms with E-state index in [4.69, 9.17) is 9.47 Å². The first-order chi connectivity index (χ1) is 9.22. The Bertz CT molecular complexity index is 408. The van der Waals surface area contributed by atoms with E-state index in [0.717, 1.165) is 19.5 Å². The minimum absolute atomic E-state index is 0.158. The Morgan fingerprint density at radius 2 is 1.95 bits per heavy atom. The van der Waals surface area contributed by atoms with Crippen molar-refractivity contribution in [1.82, 2.24) is 10.6 Å². The molecule has 0 bridgehead atoms. The van der Waals surface area contributed by atoms with Crippen LogP contribution < -0.4 is 20.1 Å². The zero-order valence-electron chi connectivity index (χ0n) is 11.8. The Morgan fingerprint density at radius 3 is 2.58 bits per heavy atom. The lowest BCUT2D eigenvalue weighted by Crippen LogP contribution is -2.32. The van der Waals surface area contributed by atoms with Crippen LogP contribution in [0.3, 0.4) is 0 Å². The lowest BCUT2D eigenvalue weighted by atomic mass is 10.1. The smallest absolute Gasteiger partial charge is 0.255 e. The summed E-state index contributed by atoms with van der Waals surface area (Å²) < 4.78 is 10.3. The maximum Gasteiger partial charge on any atom is 0.255 e. The third-order valence-electron chi connectivity index (χ3n) is 2.67. The zero-order valence-corrected chi connectivity index (χ0v) is 11.8. The number of amides is 1. The normalized spacial score (nSPS) is 10.1. The standard InChI is InChI=1S/C14H22N2O3/c1-4-7-15-8-9-16-14(17)12-10-11(18-2)5-6-13(12)19-3/h5-6,10,15H,4,7-9H2,1-3H3,(H,16,17). The van der Waals surface area contributed by atoms with Gasteiger partial charge in [-0.1, -0.05) is 6.92 Å². The molecule has 0 aliphatic heterocycles. The SMILES string of the molecule is CCCNCCNC(=O)c1cc(OC)ccc1OC. The first-order valence-electron chi connectivity index (χ1n) is 6.43. The molecule has 0 fully saturated rings.